The molecule has 1 unspecified atom stereocenters. The van der Waals surface area contributed by atoms with Gasteiger partial charge in [0.05, 0.1) is 25.2 Å². The maximum absolute atomic E-state index is 14.0. The number of hydrogen-bond acceptors (Lipinski definition) is 14. The van der Waals surface area contributed by atoms with Crippen LogP contribution >= 0.6 is 23.1 Å². The molecular formula is C43H41N5O9S3. The maximum Gasteiger partial charge on any atom is 0.355 e. The Morgan fingerprint density at radius 2 is 1.52 bits per heavy atom. The van der Waals surface area contributed by atoms with Gasteiger partial charge in [0.15, 0.2) is 20.7 Å². The molecule has 2 atom stereocenters. The number of amides is 2. The van der Waals surface area contributed by atoms with E-state index in [9.17, 15) is 27.9 Å². The molecule has 1 fully saturated rings. The zero-order valence-corrected chi connectivity index (χ0v) is 35.0. The first-order valence-electron chi connectivity index (χ1n) is 18.7. The third-order valence-corrected chi connectivity index (χ3v) is 13.6. The first kappa shape index (κ1) is 42.1. The number of oxime groups is 1. The lowest BCUT2D eigenvalue weighted by Gasteiger charge is -2.49. The molecule has 0 saturated carbocycles. The summed E-state index contributed by atoms with van der Waals surface area (Å²) in [5, 5.41) is 21.1. The number of β-lactam (4-membered cyclic amide) rings is 1. The number of thiazole rings is 1. The number of thioether (sulfide) groups is 1. The number of rotatable bonds is 17. The Kier molecular flexibility index (Phi) is 13.0. The van der Waals surface area contributed by atoms with E-state index in [1.165, 1.54) is 37.3 Å². The second-order valence-corrected chi connectivity index (χ2v) is 17.8. The van der Waals surface area contributed by atoms with Gasteiger partial charge in [0.2, 0.25) is 0 Å². The van der Waals surface area contributed by atoms with E-state index in [4.69, 9.17) is 19.3 Å². The largest absolute Gasteiger partial charge is 0.497 e. The number of aliphatic hydroxyl groups excluding tert-OH is 1. The summed E-state index contributed by atoms with van der Waals surface area (Å²) >= 11 is 2.45. The van der Waals surface area contributed by atoms with Gasteiger partial charge in [-0.3, -0.25) is 14.5 Å². The maximum atomic E-state index is 14.0. The van der Waals surface area contributed by atoms with Crippen molar-refractivity contribution < 1.29 is 42.2 Å². The number of nitrogens with one attached hydrogen (secondary N) is 2. The summed E-state index contributed by atoms with van der Waals surface area (Å²) in [6, 6.07) is 35.6. The van der Waals surface area contributed by atoms with Crippen LogP contribution in [0.3, 0.4) is 0 Å². The van der Waals surface area contributed by atoms with Crippen molar-refractivity contribution in [3.8, 4) is 5.75 Å². The van der Waals surface area contributed by atoms with Gasteiger partial charge in [-0.05, 0) is 40.0 Å². The van der Waals surface area contributed by atoms with E-state index in [0.717, 1.165) is 21.6 Å². The fraction of sp³-hybridized carbons (Fsp3) is 0.233. The highest BCUT2D eigenvalue weighted by molar-refractivity contribution is 8.00. The number of benzene rings is 4. The first-order chi connectivity index (χ1) is 29.1. The molecule has 7 rings (SSSR count). The number of esters is 1. The van der Waals surface area contributed by atoms with Crippen molar-refractivity contribution in [2.75, 3.05) is 43.4 Å². The molecule has 1 saturated heterocycles. The number of aliphatic hydroxyl groups is 1. The summed E-state index contributed by atoms with van der Waals surface area (Å²) in [4.78, 5) is 52.6. The van der Waals surface area contributed by atoms with Gasteiger partial charge >= 0.3 is 5.97 Å². The molecule has 0 spiro atoms. The Hall–Kier alpha value is -6.01. The number of aromatic nitrogens is 1. The lowest BCUT2D eigenvalue weighted by molar-refractivity contribution is -0.153. The summed E-state index contributed by atoms with van der Waals surface area (Å²) in [6.45, 7) is -0.761. The lowest BCUT2D eigenvalue weighted by atomic mass is 9.77. The van der Waals surface area contributed by atoms with Crippen molar-refractivity contribution in [3.63, 3.8) is 0 Å². The van der Waals surface area contributed by atoms with Gasteiger partial charge in [0, 0.05) is 11.1 Å². The SMILES string of the molecule is CO/N=C(\C(=O)NC1C(=O)N2C(C(=O)OCc3ccc(OC)cc3)=C(CS(=O)(=O)CCO)CS[C@H]12)c1csc(NC(c2ccccc2)(c2ccccc2)c2ccccc2)n1. The molecule has 2 aliphatic heterocycles. The molecule has 0 bridgehead atoms. The summed E-state index contributed by atoms with van der Waals surface area (Å²) in [5.41, 5.74) is 2.55. The van der Waals surface area contributed by atoms with Crippen LogP contribution in [0.5, 0.6) is 5.75 Å². The monoisotopic (exact) mass is 867 g/mol. The van der Waals surface area contributed by atoms with E-state index < -0.39 is 62.7 Å². The number of nitrogens with zero attached hydrogens (tertiary/aromatic N) is 3. The molecule has 3 heterocycles. The fourth-order valence-corrected chi connectivity index (χ4v) is 10.5. The highest BCUT2D eigenvalue weighted by atomic mass is 32.2. The summed E-state index contributed by atoms with van der Waals surface area (Å²) in [5.74, 6) is -2.73. The minimum Gasteiger partial charge on any atom is -0.497 e. The van der Waals surface area contributed by atoms with Crippen molar-refractivity contribution in [1.82, 2.24) is 15.2 Å². The molecule has 4 aromatic carbocycles. The van der Waals surface area contributed by atoms with Crippen LogP contribution in [0.2, 0.25) is 0 Å². The molecule has 310 valence electrons. The van der Waals surface area contributed by atoms with Crippen LogP contribution in [0.4, 0.5) is 5.13 Å². The number of anilines is 1. The van der Waals surface area contributed by atoms with Gasteiger partial charge in [0.1, 0.15) is 47.8 Å². The number of hydrogen-bond donors (Lipinski definition) is 3. The van der Waals surface area contributed by atoms with Crippen molar-refractivity contribution in [3.05, 3.63) is 160 Å². The predicted octanol–water partition coefficient (Wildman–Crippen LogP) is 4.71. The van der Waals surface area contributed by atoms with Crippen molar-refractivity contribution in [2.24, 2.45) is 5.16 Å². The molecule has 60 heavy (non-hydrogen) atoms. The van der Waals surface area contributed by atoms with Crippen LogP contribution in [-0.4, -0.2) is 96.4 Å². The number of sulfone groups is 1. The molecule has 2 aliphatic rings. The Balaban J connectivity index is 1.13. The minimum absolute atomic E-state index is 0.0462. The molecule has 0 radical (unpaired) electrons. The second-order valence-electron chi connectivity index (χ2n) is 13.7. The van der Waals surface area contributed by atoms with Gasteiger partial charge in [0.25, 0.3) is 11.8 Å². The third-order valence-electron chi connectivity index (χ3n) is 9.91. The fourth-order valence-electron chi connectivity index (χ4n) is 7.09. The molecule has 14 nitrogen and oxygen atoms in total. The van der Waals surface area contributed by atoms with Gasteiger partial charge in [-0.1, -0.05) is 108 Å². The van der Waals surface area contributed by atoms with E-state index >= 15 is 0 Å². The molecule has 1 aromatic heterocycles. The number of ether oxygens (including phenoxy) is 2. The van der Waals surface area contributed by atoms with Gasteiger partial charge in [-0.25, -0.2) is 18.2 Å². The zero-order valence-electron chi connectivity index (χ0n) is 32.5. The molecule has 3 N–H and O–H groups in total. The van der Waals surface area contributed by atoms with Crippen LogP contribution in [0.15, 0.2) is 137 Å². The van der Waals surface area contributed by atoms with Crippen LogP contribution in [0.25, 0.3) is 0 Å². The zero-order chi connectivity index (χ0) is 42.3. The van der Waals surface area contributed by atoms with Crippen molar-refractivity contribution in [1.29, 1.82) is 0 Å². The van der Waals surface area contributed by atoms with Crippen LogP contribution in [0, 0.1) is 0 Å². The first-order valence-corrected chi connectivity index (χ1v) is 22.4. The average molecular weight is 868 g/mol. The quantitative estimate of drug-likeness (QED) is 0.0385. The lowest BCUT2D eigenvalue weighted by Crippen LogP contribution is -2.71. The van der Waals surface area contributed by atoms with Crippen molar-refractivity contribution >= 4 is 61.6 Å². The van der Waals surface area contributed by atoms with Crippen LogP contribution in [-0.2, 0) is 45.9 Å². The Morgan fingerprint density at radius 1 is 0.917 bits per heavy atom. The average Bonchev–Trinajstić information content (AvgIpc) is 3.74. The van der Waals surface area contributed by atoms with Gasteiger partial charge in [-0.15, -0.1) is 23.1 Å². The topological polar surface area (TPSA) is 186 Å². The summed E-state index contributed by atoms with van der Waals surface area (Å²) in [6.07, 6.45) is 0. The number of carbonyl (C=O) groups is 3. The van der Waals surface area contributed by atoms with Crippen molar-refractivity contribution in [2.45, 2.75) is 23.6 Å². The number of fused-ring (bicyclic) bond motifs is 1. The molecular weight excluding hydrogens is 827 g/mol. The van der Waals surface area contributed by atoms with Gasteiger partial charge < -0.3 is 30.1 Å². The highest BCUT2D eigenvalue weighted by Crippen LogP contribution is 2.42. The Morgan fingerprint density at radius 3 is 2.07 bits per heavy atom. The predicted molar refractivity (Wildman–Crippen MR) is 229 cm³/mol. The molecule has 17 heteroatoms. The van der Waals surface area contributed by atoms with E-state index in [-0.39, 0.29) is 35.0 Å². The smallest absolute Gasteiger partial charge is 0.355 e. The van der Waals surface area contributed by atoms with E-state index in [1.807, 2.05) is 91.0 Å². The standard InChI is InChI=1S/C43H41N5O9S3/c1-55-33-20-18-28(19-21-33)24-57-41(52)37-29(27-60(53,54)23-22-49)25-58-40-36(39(51)48(37)40)45-38(50)35(47-56-2)34-26-59-42(44-34)46-43(30-12-6-3-7-13-30,31-14-8-4-9-15-31)32-16-10-5-11-17-32/h3-21,26,36,40,49H,22-25,27H2,1-2H3,(H,44,46)(H,45,50)/b47-35-/t36?,40-/m1/s1. The summed E-state index contributed by atoms with van der Waals surface area (Å²) in [7, 11) is -1.02. The Labute approximate surface area is 355 Å². The van der Waals surface area contributed by atoms with Gasteiger partial charge in [-0.2, -0.15) is 0 Å². The second kappa shape index (κ2) is 18.5. The van der Waals surface area contributed by atoms with Crippen LogP contribution in [0.1, 0.15) is 27.9 Å². The molecule has 0 aliphatic carbocycles. The molecule has 5 aromatic rings. The van der Waals surface area contributed by atoms with E-state index in [0.29, 0.717) is 16.4 Å². The number of carbonyl (C=O) groups excluding carboxylic acids is 3. The highest BCUT2D eigenvalue weighted by Gasteiger charge is 2.55. The number of methoxy groups -OCH3 is 1. The normalized spacial score (nSPS) is 16.7. The Bertz CT molecular complexity index is 2400. The summed E-state index contributed by atoms with van der Waals surface area (Å²) < 4.78 is 36.4. The molecule has 2 amide bonds. The third kappa shape index (κ3) is 8.79. The van der Waals surface area contributed by atoms with E-state index in [2.05, 4.69) is 15.8 Å². The van der Waals surface area contributed by atoms with Crippen LogP contribution < -0.4 is 15.4 Å². The minimum atomic E-state index is -3.84. The van der Waals surface area contributed by atoms with E-state index in [1.54, 1.807) is 29.6 Å².